The number of carbonyl (C=O) groups excluding carboxylic acids is 1. The highest BCUT2D eigenvalue weighted by Crippen LogP contribution is 2.13. The van der Waals surface area contributed by atoms with Gasteiger partial charge in [0.1, 0.15) is 6.26 Å². The summed E-state index contributed by atoms with van der Waals surface area (Å²) in [5, 5.41) is 12.8. The summed E-state index contributed by atoms with van der Waals surface area (Å²) in [7, 11) is 0. The molecule has 0 bridgehead atoms. The second kappa shape index (κ2) is 9.82. The van der Waals surface area contributed by atoms with Crippen molar-refractivity contribution in [3.8, 4) is 0 Å². The summed E-state index contributed by atoms with van der Waals surface area (Å²) in [6, 6.07) is 7.65. The average molecular weight is 386 g/mol. The highest BCUT2D eigenvalue weighted by molar-refractivity contribution is 6.02. The smallest absolute Gasteiger partial charge is 0.277 e. The van der Waals surface area contributed by atoms with Gasteiger partial charge in [0.05, 0.1) is 12.6 Å². The highest BCUT2D eigenvalue weighted by atomic mass is 16.3. The Morgan fingerprint density at radius 1 is 1.29 bits per heavy atom. The van der Waals surface area contributed by atoms with Gasteiger partial charge in [-0.1, -0.05) is 25.5 Å². The lowest BCUT2D eigenvalue weighted by molar-refractivity contribution is 0.0634. The molecule has 0 saturated carbocycles. The van der Waals surface area contributed by atoms with Gasteiger partial charge in [0.15, 0.2) is 5.69 Å². The Kier molecular flexibility index (Phi) is 7.19. The molecule has 152 valence electrons. The number of aliphatic hydroxyl groups is 1. The molecule has 0 aliphatic carbocycles. The van der Waals surface area contributed by atoms with Crippen LogP contribution in [0.5, 0.6) is 0 Å². The molecule has 7 nitrogen and oxygen atoms in total. The quantitative estimate of drug-likeness (QED) is 0.726. The second-order valence-corrected chi connectivity index (χ2v) is 7.47. The molecule has 28 heavy (non-hydrogen) atoms. The first kappa shape index (κ1) is 20.5. The molecule has 2 heterocycles. The van der Waals surface area contributed by atoms with Crippen molar-refractivity contribution in [3.63, 3.8) is 0 Å². The van der Waals surface area contributed by atoms with E-state index in [1.165, 1.54) is 6.26 Å². The first-order valence-electron chi connectivity index (χ1n) is 9.98. The van der Waals surface area contributed by atoms with Gasteiger partial charge in [0, 0.05) is 38.4 Å². The maximum Gasteiger partial charge on any atom is 0.277 e. The fraction of sp³-hybridized carbons (Fsp3) is 0.524. The van der Waals surface area contributed by atoms with Gasteiger partial charge in [-0.3, -0.25) is 14.6 Å². The Balaban J connectivity index is 1.46. The monoisotopic (exact) mass is 386 g/mol. The van der Waals surface area contributed by atoms with Crippen molar-refractivity contribution in [2.24, 2.45) is 0 Å². The van der Waals surface area contributed by atoms with Gasteiger partial charge < -0.3 is 14.8 Å². The van der Waals surface area contributed by atoms with Crippen LogP contribution in [0.3, 0.4) is 0 Å². The topological polar surface area (TPSA) is 81.8 Å². The second-order valence-electron chi connectivity index (χ2n) is 7.47. The van der Waals surface area contributed by atoms with Gasteiger partial charge in [-0.05, 0) is 31.0 Å². The lowest BCUT2D eigenvalue weighted by Crippen LogP contribution is -2.48. The minimum atomic E-state index is -0.268. The van der Waals surface area contributed by atoms with E-state index in [0.717, 1.165) is 56.8 Å². The van der Waals surface area contributed by atoms with Crippen LogP contribution in [0.1, 0.15) is 41.7 Å². The van der Waals surface area contributed by atoms with E-state index >= 15 is 0 Å². The summed E-state index contributed by atoms with van der Waals surface area (Å²) in [4.78, 5) is 21.3. The number of rotatable bonds is 8. The number of aromatic nitrogens is 1. The molecule has 2 aromatic rings. The predicted molar refractivity (Wildman–Crippen MR) is 108 cm³/mol. The number of β-amino-alcohol motifs (C(OH)–C–C–N with tert-alkyl or cyclic N) is 1. The van der Waals surface area contributed by atoms with Crippen LogP contribution in [-0.2, 0) is 6.54 Å². The van der Waals surface area contributed by atoms with Gasteiger partial charge in [-0.2, -0.15) is 0 Å². The SMILES string of the molecule is CCCC(O)CN1CCN(Cc2nc(C(=O)Nc3cccc(C)c3)co2)CC1. The van der Waals surface area contributed by atoms with Crippen LogP contribution >= 0.6 is 0 Å². The highest BCUT2D eigenvalue weighted by Gasteiger charge is 2.21. The summed E-state index contributed by atoms with van der Waals surface area (Å²) in [5.74, 6) is 0.282. The van der Waals surface area contributed by atoms with Crippen molar-refractivity contribution >= 4 is 11.6 Å². The number of hydrogen-bond acceptors (Lipinski definition) is 6. The molecule has 7 heteroatoms. The molecular weight excluding hydrogens is 356 g/mol. The van der Waals surface area contributed by atoms with E-state index in [1.54, 1.807) is 0 Å². The number of benzene rings is 1. The number of oxazole rings is 1. The average Bonchev–Trinajstić information content (AvgIpc) is 3.12. The van der Waals surface area contributed by atoms with E-state index < -0.39 is 0 Å². The number of amides is 1. The Morgan fingerprint density at radius 3 is 2.75 bits per heavy atom. The first-order chi connectivity index (χ1) is 13.5. The largest absolute Gasteiger partial charge is 0.447 e. The van der Waals surface area contributed by atoms with Crippen LogP contribution < -0.4 is 5.32 Å². The number of anilines is 1. The number of hydrogen-bond donors (Lipinski definition) is 2. The number of piperazine rings is 1. The lowest BCUT2D eigenvalue weighted by Gasteiger charge is -2.34. The van der Waals surface area contributed by atoms with Crippen LogP contribution in [0.2, 0.25) is 0 Å². The molecule has 3 rings (SSSR count). The molecule has 2 N–H and O–H groups in total. The summed E-state index contributed by atoms with van der Waals surface area (Å²) in [5.41, 5.74) is 2.12. The minimum Gasteiger partial charge on any atom is -0.447 e. The fourth-order valence-corrected chi connectivity index (χ4v) is 3.45. The van der Waals surface area contributed by atoms with Crippen LogP contribution in [-0.4, -0.2) is 64.6 Å². The first-order valence-corrected chi connectivity index (χ1v) is 9.98. The predicted octanol–water partition coefficient (Wildman–Crippen LogP) is 2.51. The van der Waals surface area contributed by atoms with E-state index in [0.29, 0.717) is 12.4 Å². The number of carbonyl (C=O) groups is 1. The Bertz CT molecular complexity index is 769. The summed E-state index contributed by atoms with van der Waals surface area (Å²) < 4.78 is 5.51. The van der Waals surface area contributed by atoms with E-state index in [9.17, 15) is 9.90 Å². The molecule has 1 saturated heterocycles. The van der Waals surface area contributed by atoms with Crippen molar-refractivity contribution in [1.82, 2.24) is 14.8 Å². The maximum absolute atomic E-state index is 12.4. The van der Waals surface area contributed by atoms with Crippen LogP contribution in [0.25, 0.3) is 0 Å². The van der Waals surface area contributed by atoms with E-state index in [2.05, 4.69) is 27.0 Å². The van der Waals surface area contributed by atoms with Crippen molar-refractivity contribution in [2.45, 2.75) is 39.3 Å². The van der Waals surface area contributed by atoms with E-state index in [4.69, 9.17) is 4.42 Å². The molecule has 1 amide bonds. The molecule has 1 atom stereocenters. The van der Waals surface area contributed by atoms with Gasteiger partial charge >= 0.3 is 0 Å². The van der Waals surface area contributed by atoms with Crippen LogP contribution in [0.15, 0.2) is 34.9 Å². The molecule has 0 spiro atoms. The van der Waals surface area contributed by atoms with E-state index in [-0.39, 0.29) is 17.7 Å². The zero-order chi connectivity index (χ0) is 19.9. The zero-order valence-corrected chi connectivity index (χ0v) is 16.7. The molecular formula is C21H30N4O3. The van der Waals surface area contributed by atoms with Crippen molar-refractivity contribution < 1.29 is 14.3 Å². The third-order valence-corrected chi connectivity index (χ3v) is 4.97. The molecule has 1 unspecified atom stereocenters. The Hall–Kier alpha value is -2.22. The summed E-state index contributed by atoms with van der Waals surface area (Å²) in [6.45, 7) is 9.02. The summed E-state index contributed by atoms with van der Waals surface area (Å²) >= 11 is 0. The van der Waals surface area contributed by atoms with Gasteiger partial charge in [0.2, 0.25) is 5.89 Å². The Morgan fingerprint density at radius 2 is 2.04 bits per heavy atom. The number of nitrogens with one attached hydrogen (secondary N) is 1. The molecule has 1 fully saturated rings. The molecule has 0 radical (unpaired) electrons. The fourth-order valence-electron chi connectivity index (χ4n) is 3.45. The minimum absolute atomic E-state index is 0.238. The standard InChI is InChI=1S/C21H30N4O3/c1-3-5-18(26)13-24-8-10-25(11-9-24)14-20-23-19(15-28-20)21(27)22-17-7-4-6-16(2)12-17/h4,6-7,12,15,18,26H,3,5,8-11,13-14H2,1-2H3,(H,22,27). The third-order valence-electron chi connectivity index (χ3n) is 4.97. The van der Waals surface area contributed by atoms with E-state index in [1.807, 2.05) is 31.2 Å². The molecule has 1 aromatic heterocycles. The van der Waals surface area contributed by atoms with Crippen molar-refractivity contribution in [1.29, 1.82) is 0 Å². The maximum atomic E-state index is 12.4. The van der Waals surface area contributed by atoms with Gasteiger partial charge in [-0.15, -0.1) is 0 Å². The van der Waals surface area contributed by atoms with Crippen molar-refractivity contribution in [2.75, 3.05) is 38.0 Å². The number of aliphatic hydroxyl groups excluding tert-OH is 1. The lowest BCUT2D eigenvalue weighted by atomic mass is 10.2. The van der Waals surface area contributed by atoms with Crippen molar-refractivity contribution in [3.05, 3.63) is 47.7 Å². The summed E-state index contributed by atoms with van der Waals surface area (Å²) in [6.07, 6.45) is 3.03. The zero-order valence-electron chi connectivity index (χ0n) is 16.7. The molecule has 1 aliphatic heterocycles. The normalized spacial score (nSPS) is 16.8. The van der Waals surface area contributed by atoms with Crippen LogP contribution in [0, 0.1) is 6.92 Å². The molecule has 1 aromatic carbocycles. The molecule has 1 aliphatic rings. The van der Waals surface area contributed by atoms with Gasteiger partial charge in [0.25, 0.3) is 5.91 Å². The number of nitrogens with zero attached hydrogens (tertiary/aromatic N) is 3. The van der Waals surface area contributed by atoms with Crippen LogP contribution in [0.4, 0.5) is 5.69 Å². The Labute approximate surface area is 166 Å². The van der Waals surface area contributed by atoms with Gasteiger partial charge in [-0.25, -0.2) is 4.98 Å². The third kappa shape index (κ3) is 5.89. The number of aryl methyl sites for hydroxylation is 1.